The van der Waals surface area contributed by atoms with E-state index in [1.165, 1.54) is 4.90 Å². The minimum Gasteiger partial charge on any atom is -0.299 e. The van der Waals surface area contributed by atoms with Gasteiger partial charge in [-0.2, -0.15) is 0 Å². The maximum absolute atomic E-state index is 11.2. The number of carbonyl (C=O) groups excluding carboxylic acids is 1. The molecule has 1 aromatic rings. The van der Waals surface area contributed by atoms with Crippen LogP contribution >= 0.6 is 15.9 Å². The third-order valence-corrected chi connectivity index (χ3v) is 1.96. The number of hydrogen-bond acceptors (Lipinski definition) is 2. The lowest BCUT2D eigenvalue weighted by molar-refractivity contribution is -0.115. The summed E-state index contributed by atoms with van der Waals surface area (Å²) >= 11 is 3.09. The molecule has 64 valence electrons. The molecule has 0 N–H and O–H groups in total. The van der Waals surface area contributed by atoms with Gasteiger partial charge in [0.25, 0.3) is 0 Å². The lowest BCUT2D eigenvalue weighted by Gasteiger charge is -2.13. The Morgan fingerprint density at radius 3 is 2.92 bits per heavy atom. The largest absolute Gasteiger partial charge is 0.299 e. The quantitative estimate of drug-likeness (QED) is 0.719. The second kappa shape index (κ2) is 4.21. The monoisotopic (exact) mass is 228 g/mol. The van der Waals surface area contributed by atoms with Gasteiger partial charge in [0.05, 0.1) is 5.33 Å². The number of alkyl halides is 1. The van der Waals surface area contributed by atoms with Crippen LogP contribution in [-0.4, -0.2) is 23.3 Å². The maximum Gasteiger partial charge on any atom is 0.238 e. The Kier molecular flexibility index (Phi) is 3.22. The van der Waals surface area contributed by atoms with E-state index in [4.69, 9.17) is 0 Å². The van der Waals surface area contributed by atoms with E-state index in [9.17, 15) is 4.79 Å². The van der Waals surface area contributed by atoms with Gasteiger partial charge in [0.15, 0.2) is 0 Å². The molecule has 1 amide bonds. The molecule has 0 bridgehead atoms. The van der Waals surface area contributed by atoms with E-state index < -0.39 is 0 Å². The van der Waals surface area contributed by atoms with Crippen molar-refractivity contribution in [2.45, 2.75) is 0 Å². The third kappa shape index (κ3) is 2.04. The number of halogens is 1. The molecule has 0 unspecified atom stereocenters. The van der Waals surface area contributed by atoms with E-state index in [1.807, 2.05) is 12.1 Å². The van der Waals surface area contributed by atoms with Gasteiger partial charge in [-0.25, -0.2) is 4.98 Å². The van der Waals surface area contributed by atoms with Crippen molar-refractivity contribution < 1.29 is 4.79 Å². The summed E-state index contributed by atoms with van der Waals surface area (Å²) < 4.78 is 0. The molecule has 0 saturated carbocycles. The van der Waals surface area contributed by atoms with Gasteiger partial charge in [-0.3, -0.25) is 9.69 Å². The summed E-state index contributed by atoms with van der Waals surface area (Å²) in [4.78, 5) is 16.7. The van der Waals surface area contributed by atoms with Crippen LogP contribution in [0.25, 0.3) is 0 Å². The van der Waals surface area contributed by atoms with Gasteiger partial charge in [0, 0.05) is 13.2 Å². The van der Waals surface area contributed by atoms with Gasteiger partial charge < -0.3 is 0 Å². The lowest BCUT2D eigenvalue weighted by Crippen LogP contribution is -2.27. The van der Waals surface area contributed by atoms with Crippen molar-refractivity contribution in [2.24, 2.45) is 0 Å². The molecule has 0 atom stereocenters. The topological polar surface area (TPSA) is 33.2 Å². The highest BCUT2D eigenvalue weighted by atomic mass is 79.9. The van der Waals surface area contributed by atoms with Gasteiger partial charge in [-0.15, -0.1) is 0 Å². The highest BCUT2D eigenvalue weighted by Crippen LogP contribution is 2.07. The first-order valence-electron chi connectivity index (χ1n) is 3.49. The molecule has 3 nitrogen and oxygen atoms in total. The third-order valence-electron chi connectivity index (χ3n) is 1.48. The normalized spacial score (nSPS) is 9.50. The Hall–Kier alpha value is -0.900. The number of aromatic nitrogens is 1. The molecule has 0 aliphatic rings. The van der Waals surface area contributed by atoms with E-state index in [2.05, 4.69) is 20.9 Å². The van der Waals surface area contributed by atoms with Crippen molar-refractivity contribution in [3.05, 3.63) is 24.4 Å². The van der Waals surface area contributed by atoms with E-state index in [0.717, 1.165) is 0 Å². The first-order valence-corrected chi connectivity index (χ1v) is 4.61. The average Bonchev–Trinajstić information content (AvgIpc) is 2.17. The van der Waals surface area contributed by atoms with Crippen LogP contribution in [0.1, 0.15) is 0 Å². The van der Waals surface area contributed by atoms with Crippen molar-refractivity contribution in [3.8, 4) is 0 Å². The zero-order valence-corrected chi connectivity index (χ0v) is 8.28. The Bertz CT molecular complexity index is 263. The van der Waals surface area contributed by atoms with Crippen molar-refractivity contribution in [2.75, 3.05) is 17.3 Å². The Morgan fingerprint density at radius 1 is 1.67 bits per heavy atom. The number of rotatable bonds is 2. The summed E-state index contributed by atoms with van der Waals surface area (Å²) in [5.74, 6) is 0.663. The van der Waals surface area contributed by atoms with Crippen LogP contribution in [0.2, 0.25) is 0 Å². The summed E-state index contributed by atoms with van der Waals surface area (Å²) in [6, 6.07) is 5.46. The summed E-state index contributed by atoms with van der Waals surface area (Å²) in [5.41, 5.74) is 0. The highest BCUT2D eigenvalue weighted by Gasteiger charge is 2.08. The van der Waals surface area contributed by atoms with Gasteiger partial charge >= 0.3 is 0 Å². The molecule has 1 heterocycles. The standard InChI is InChI=1S/C8H9BrN2O/c1-11(8(12)6-9)7-4-2-3-5-10-7/h2-5H,6H2,1H3. The van der Waals surface area contributed by atoms with E-state index in [1.54, 1.807) is 19.3 Å². The fourth-order valence-electron chi connectivity index (χ4n) is 0.770. The molecule has 0 aliphatic heterocycles. The minimum absolute atomic E-state index is 0.00583. The number of amides is 1. The van der Waals surface area contributed by atoms with Gasteiger partial charge in [-0.05, 0) is 12.1 Å². The summed E-state index contributed by atoms with van der Waals surface area (Å²) in [6.07, 6.45) is 1.66. The molecular formula is C8H9BrN2O. The molecular weight excluding hydrogens is 220 g/mol. The van der Waals surface area contributed by atoms with Crippen molar-refractivity contribution in [1.82, 2.24) is 4.98 Å². The molecule has 4 heteroatoms. The lowest BCUT2D eigenvalue weighted by atomic mass is 10.4. The maximum atomic E-state index is 11.2. The number of carbonyl (C=O) groups is 1. The Balaban J connectivity index is 2.78. The second-order valence-corrected chi connectivity index (χ2v) is 2.84. The van der Waals surface area contributed by atoms with Crippen LogP contribution in [-0.2, 0) is 4.79 Å². The smallest absolute Gasteiger partial charge is 0.238 e. The first-order chi connectivity index (χ1) is 5.75. The van der Waals surface area contributed by atoms with E-state index in [0.29, 0.717) is 11.1 Å². The highest BCUT2D eigenvalue weighted by molar-refractivity contribution is 9.09. The van der Waals surface area contributed by atoms with Crippen LogP contribution in [0.5, 0.6) is 0 Å². The second-order valence-electron chi connectivity index (χ2n) is 2.27. The van der Waals surface area contributed by atoms with Crippen LogP contribution in [0.4, 0.5) is 5.82 Å². The SMILES string of the molecule is CN(C(=O)CBr)c1ccccn1. The number of hydrogen-bond donors (Lipinski definition) is 0. The molecule has 12 heavy (non-hydrogen) atoms. The molecule has 0 fully saturated rings. The van der Waals surface area contributed by atoms with Gasteiger partial charge in [0.2, 0.25) is 5.91 Å². The zero-order chi connectivity index (χ0) is 8.97. The molecule has 0 aromatic carbocycles. The Labute approximate surface area is 79.5 Å². The van der Waals surface area contributed by atoms with Gasteiger partial charge in [0.1, 0.15) is 5.82 Å². The summed E-state index contributed by atoms with van der Waals surface area (Å²) in [5, 5.41) is 0.320. The molecule has 0 saturated heterocycles. The molecule has 0 aliphatic carbocycles. The van der Waals surface area contributed by atoms with Crippen LogP contribution in [0, 0.1) is 0 Å². The average molecular weight is 229 g/mol. The number of nitrogens with zero attached hydrogens (tertiary/aromatic N) is 2. The predicted molar refractivity (Wildman–Crippen MR) is 51.4 cm³/mol. The fraction of sp³-hybridized carbons (Fsp3) is 0.250. The predicted octanol–water partition coefficient (Wildman–Crippen LogP) is 1.44. The molecule has 0 spiro atoms. The molecule has 1 rings (SSSR count). The van der Waals surface area contributed by atoms with Crippen LogP contribution < -0.4 is 4.90 Å². The van der Waals surface area contributed by atoms with E-state index in [-0.39, 0.29) is 5.91 Å². The van der Waals surface area contributed by atoms with Crippen LogP contribution in [0.3, 0.4) is 0 Å². The molecule has 0 radical (unpaired) electrons. The summed E-state index contributed by atoms with van der Waals surface area (Å²) in [6.45, 7) is 0. The summed E-state index contributed by atoms with van der Waals surface area (Å²) in [7, 11) is 1.70. The van der Waals surface area contributed by atoms with Crippen molar-refractivity contribution in [1.29, 1.82) is 0 Å². The number of pyridine rings is 1. The van der Waals surface area contributed by atoms with Crippen molar-refractivity contribution >= 4 is 27.7 Å². The van der Waals surface area contributed by atoms with Crippen molar-refractivity contribution in [3.63, 3.8) is 0 Å². The Morgan fingerprint density at radius 2 is 2.42 bits per heavy atom. The van der Waals surface area contributed by atoms with E-state index >= 15 is 0 Å². The van der Waals surface area contributed by atoms with Gasteiger partial charge in [-0.1, -0.05) is 22.0 Å². The zero-order valence-electron chi connectivity index (χ0n) is 6.70. The first kappa shape index (κ1) is 9.19. The number of anilines is 1. The molecule has 1 aromatic heterocycles. The van der Waals surface area contributed by atoms with Crippen LogP contribution in [0.15, 0.2) is 24.4 Å². The minimum atomic E-state index is -0.00583. The fourth-order valence-corrected chi connectivity index (χ4v) is 1.15.